The molecule has 5 heteroatoms. The molecule has 0 aliphatic rings. The fourth-order valence-electron chi connectivity index (χ4n) is 3.62. The number of carboxylic acids is 1. The third kappa shape index (κ3) is 5.20. The summed E-state index contributed by atoms with van der Waals surface area (Å²) in [5.74, 6) is -1.12. The molecule has 0 amide bonds. The third-order valence-electron chi connectivity index (χ3n) is 5.18. The van der Waals surface area contributed by atoms with Gasteiger partial charge in [0.25, 0.3) is 0 Å². The lowest BCUT2D eigenvalue weighted by Gasteiger charge is -2.19. The predicted octanol–water partition coefficient (Wildman–Crippen LogP) is 4.32. The maximum Gasteiger partial charge on any atom is 0.336 e. The van der Waals surface area contributed by atoms with Gasteiger partial charge in [0, 0.05) is 23.2 Å². The molecule has 0 aromatic heterocycles. The number of nitrogens with two attached hydrogens (primary N) is 1. The molecule has 0 bridgehead atoms. The number of hydrogen-bond donors (Lipinski definition) is 3. The van der Waals surface area contributed by atoms with Crippen LogP contribution in [0.5, 0.6) is 0 Å². The van der Waals surface area contributed by atoms with Crippen molar-refractivity contribution in [3.05, 3.63) is 64.7 Å². The SMILES string of the molecule is CCCC(CC)CC(O)Cc1cccc(C(=O)c2ccccc2C(=O)O)c1N. The van der Waals surface area contributed by atoms with Crippen LogP contribution in [0.4, 0.5) is 5.69 Å². The van der Waals surface area contributed by atoms with Crippen LogP contribution in [-0.4, -0.2) is 28.1 Å². The second-order valence-electron chi connectivity index (χ2n) is 7.21. The standard InChI is InChI=1S/C23H29NO4/c1-3-8-15(4-2)13-17(25)14-16-9-7-12-20(21(16)24)22(26)18-10-5-6-11-19(18)23(27)28/h5-7,9-12,15,17,25H,3-4,8,13-14,24H2,1-2H3,(H,27,28). The van der Waals surface area contributed by atoms with Crippen LogP contribution in [-0.2, 0) is 6.42 Å². The highest BCUT2D eigenvalue weighted by atomic mass is 16.4. The Kier molecular flexibility index (Phi) is 7.76. The number of aliphatic hydroxyl groups is 1. The van der Waals surface area contributed by atoms with Crippen molar-refractivity contribution >= 4 is 17.4 Å². The molecule has 150 valence electrons. The Bertz CT molecular complexity index is 831. The van der Waals surface area contributed by atoms with Crippen LogP contribution >= 0.6 is 0 Å². The number of para-hydroxylation sites is 1. The highest BCUT2D eigenvalue weighted by Crippen LogP contribution is 2.26. The summed E-state index contributed by atoms with van der Waals surface area (Å²) in [6.45, 7) is 4.26. The predicted molar refractivity (Wildman–Crippen MR) is 111 cm³/mol. The molecule has 2 rings (SSSR count). The molecule has 0 aliphatic heterocycles. The first-order valence-electron chi connectivity index (χ1n) is 9.81. The largest absolute Gasteiger partial charge is 0.478 e. The molecule has 0 saturated carbocycles. The summed E-state index contributed by atoms with van der Waals surface area (Å²) < 4.78 is 0. The minimum atomic E-state index is -1.16. The van der Waals surface area contributed by atoms with Crippen molar-refractivity contribution in [2.24, 2.45) is 5.92 Å². The fourth-order valence-corrected chi connectivity index (χ4v) is 3.62. The number of benzene rings is 2. The molecule has 0 saturated heterocycles. The first kappa shape index (κ1) is 21.6. The number of anilines is 1. The Balaban J connectivity index is 2.25. The first-order chi connectivity index (χ1) is 13.4. The average molecular weight is 383 g/mol. The van der Waals surface area contributed by atoms with Crippen molar-refractivity contribution in [3.8, 4) is 0 Å². The number of aliphatic hydroxyl groups excluding tert-OH is 1. The molecule has 2 unspecified atom stereocenters. The van der Waals surface area contributed by atoms with Gasteiger partial charge in [0.1, 0.15) is 0 Å². The molecule has 2 aromatic rings. The zero-order valence-corrected chi connectivity index (χ0v) is 16.5. The number of carboxylic acid groups (broad SMARTS) is 1. The van der Waals surface area contributed by atoms with Crippen molar-refractivity contribution in [2.75, 3.05) is 5.73 Å². The van der Waals surface area contributed by atoms with Gasteiger partial charge in [-0.3, -0.25) is 4.79 Å². The van der Waals surface area contributed by atoms with Gasteiger partial charge in [-0.2, -0.15) is 0 Å². The zero-order chi connectivity index (χ0) is 20.7. The minimum absolute atomic E-state index is 0.0531. The highest BCUT2D eigenvalue weighted by molar-refractivity contribution is 6.16. The van der Waals surface area contributed by atoms with Gasteiger partial charge in [0.05, 0.1) is 11.7 Å². The molecule has 0 heterocycles. The van der Waals surface area contributed by atoms with Crippen molar-refractivity contribution in [2.45, 2.75) is 52.1 Å². The van der Waals surface area contributed by atoms with Gasteiger partial charge in [-0.1, -0.05) is 63.4 Å². The number of carbonyl (C=O) groups is 2. The molecular weight excluding hydrogens is 354 g/mol. The number of carbonyl (C=O) groups excluding carboxylic acids is 1. The number of hydrogen-bond acceptors (Lipinski definition) is 4. The van der Waals surface area contributed by atoms with Crippen LogP contribution in [0, 0.1) is 5.92 Å². The van der Waals surface area contributed by atoms with Gasteiger partial charge in [0.2, 0.25) is 0 Å². The lowest BCUT2D eigenvalue weighted by molar-refractivity contribution is 0.0692. The van der Waals surface area contributed by atoms with Crippen LogP contribution in [0.15, 0.2) is 42.5 Å². The molecule has 4 N–H and O–H groups in total. The number of rotatable bonds is 10. The van der Waals surface area contributed by atoms with Crippen molar-refractivity contribution in [3.63, 3.8) is 0 Å². The minimum Gasteiger partial charge on any atom is -0.478 e. The summed E-state index contributed by atoms with van der Waals surface area (Å²) in [7, 11) is 0. The lowest BCUT2D eigenvalue weighted by atomic mass is 9.90. The normalized spacial score (nSPS) is 13.1. The van der Waals surface area contributed by atoms with E-state index in [2.05, 4.69) is 13.8 Å². The van der Waals surface area contributed by atoms with Gasteiger partial charge >= 0.3 is 5.97 Å². The van der Waals surface area contributed by atoms with Gasteiger partial charge in [-0.25, -0.2) is 4.79 Å². The van der Waals surface area contributed by atoms with E-state index >= 15 is 0 Å². The maximum absolute atomic E-state index is 12.9. The quantitative estimate of drug-likeness (QED) is 0.419. The van der Waals surface area contributed by atoms with Crippen LogP contribution in [0.25, 0.3) is 0 Å². The van der Waals surface area contributed by atoms with Crippen LogP contribution in [0.1, 0.15) is 71.4 Å². The fraction of sp³-hybridized carbons (Fsp3) is 0.391. The number of nitrogen functional groups attached to an aromatic ring is 1. The topological polar surface area (TPSA) is 101 Å². The van der Waals surface area contributed by atoms with Crippen LogP contribution in [0.3, 0.4) is 0 Å². The summed E-state index contributed by atoms with van der Waals surface area (Å²) in [4.78, 5) is 24.4. The van der Waals surface area contributed by atoms with E-state index in [1.165, 1.54) is 12.1 Å². The van der Waals surface area contributed by atoms with E-state index < -0.39 is 17.9 Å². The van der Waals surface area contributed by atoms with E-state index in [1.54, 1.807) is 30.3 Å². The van der Waals surface area contributed by atoms with E-state index in [0.717, 1.165) is 19.3 Å². The van der Waals surface area contributed by atoms with E-state index in [4.69, 9.17) is 5.73 Å². The third-order valence-corrected chi connectivity index (χ3v) is 5.18. The van der Waals surface area contributed by atoms with Gasteiger partial charge in [0.15, 0.2) is 5.78 Å². The van der Waals surface area contributed by atoms with E-state index in [1.807, 2.05) is 0 Å². The zero-order valence-electron chi connectivity index (χ0n) is 16.5. The molecule has 2 atom stereocenters. The smallest absolute Gasteiger partial charge is 0.336 e. The maximum atomic E-state index is 12.9. The molecule has 2 aromatic carbocycles. The van der Waals surface area contributed by atoms with Crippen LogP contribution in [0.2, 0.25) is 0 Å². The Labute approximate surface area is 166 Å². The molecule has 5 nitrogen and oxygen atoms in total. The van der Waals surface area contributed by atoms with E-state index in [-0.39, 0.29) is 16.7 Å². The molecular formula is C23H29NO4. The Hall–Kier alpha value is -2.66. The van der Waals surface area contributed by atoms with Crippen molar-refractivity contribution < 1.29 is 19.8 Å². The summed E-state index contributed by atoms with van der Waals surface area (Å²) in [6.07, 6.45) is 3.71. The van der Waals surface area contributed by atoms with Crippen LogP contribution < -0.4 is 5.73 Å². The summed E-state index contributed by atoms with van der Waals surface area (Å²) in [5.41, 5.74) is 7.56. The molecule has 28 heavy (non-hydrogen) atoms. The van der Waals surface area contributed by atoms with E-state index in [9.17, 15) is 19.8 Å². The first-order valence-corrected chi connectivity index (χ1v) is 9.81. The van der Waals surface area contributed by atoms with Crippen molar-refractivity contribution in [1.82, 2.24) is 0 Å². The Morgan fingerprint density at radius 3 is 2.25 bits per heavy atom. The molecule has 0 radical (unpaired) electrons. The second kappa shape index (κ2) is 10.0. The number of aromatic carboxylic acids is 1. The van der Waals surface area contributed by atoms with Gasteiger partial charge in [-0.05, 0) is 30.0 Å². The highest BCUT2D eigenvalue weighted by Gasteiger charge is 2.21. The summed E-state index contributed by atoms with van der Waals surface area (Å²) >= 11 is 0. The monoisotopic (exact) mass is 383 g/mol. The summed E-state index contributed by atoms with van der Waals surface area (Å²) in [6, 6.07) is 11.2. The molecule has 0 aliphatic carbocycles. The summed E-state index contributed by atoms with van der Waals surface area (Å²) in [5, 5.41) is 19.8. The molecule has 0 spiro atoms. The second-order valence-corrected chi connectivity index (χ2v) is 7.21. The number of ketones is 1. The lowest BCUT2D eigenvalue weighted by Crippen LogP contribution is -2.18. The van der Waals surface area contributed by atoms with E-state index in [0.29, 0.717) is 30.0 Å². The Morgan fingerprint density at radius 2 is 1.64 bits per heavy atom. The van der Waals surface area contributed by atoms with Gasteiger partial charge < -0.3 is 15.9 Å². The average Bonchev–Trinajstić information content (AvgIpc) is 2.68. The molecule has 0 fully saturated rings. The van der Waals surface area contributed by atoms with Gasteiger partial charge in [-0.15, -0.1) is 0 Å². The Morgan fingerprint density at radius 1 is 1.00 bits per heavy atom. The van der Waals surface area contributed by atoms with Crippen molar-refractivity contribution in [1.29, 1.82) is 0 Å².